The van der Waals surface area contributed by atoms with Gasteiger partial charge in [-0.3, -0.25) is 0 Å². The molecule has 0 N–H and O–H groups in total. The zero-order valence-corrected chi connectivity index (χ0v) is 11.1. The van der Waals surface area contributed by atoms with Gasteiger partial charge in [0.15, 0.2) is 5.71 Å². The van der Waals surface area contributed by atoms with Crippen molar-refractivity contribution in [2.24, 2.45) is 5.92 Å². The predicted molar refractivity (Wildman–Crippen MR) is 71.9 cm³/mol. The molecule has 2 aliphatic carbocycles. The molecule has 1 aromatic carbocycles. The van der Waals surface area contributed by atoms with Crippen LogP contribution in [0.5, 0.6) is 0 Å². The van der Waals surface area contributed by atoms with E-state index in [1.165, 1.54) is 19.3 Å². The number of hydrogen-bond donors (Lipinski definition) is 0. The summed E-state index contributed by atoms with van der Waals surface area (Å²) in [5, 5.41) is 0. The highest BCUT2D eigenvalue weighted by Gasteiger charge is 2.44. The fraction of sp³-hybridized carbons (Fsp3) is 0.562. The van der Waals surface area contributed by atoms with Gasteiger partial charge in [0, 0.05) is 12.3 Å². The molecule has 2 aliphatic rings. The van der Waals surface area contributed by atoms with Crippen molar-refractivity contribution in [3.63, 3.8) is 0 Å². The molecular formula is C16H22N+. The van der Waals surface area contributed by atoms with Crippen LogP contribution >= 0.6 is 0 Å². The third-order valence-electron chi connectivity index (χ3n) is 4.75. The summed E-state index contributed by atoms with van der Waals surface area (Å²) >= 11 is 0. The molecule has 0 heterocycles. The molecule has 2 unspecified atom stereocenters. The molecule has 0 aromatic heterocycles. The van der Waals surface area contributed by atoms with Crippen LogP contribution in [0.25, 0.3) is 0 Å². The molecule has 0 aliphatic heterocycles. The summed E-state index contributed by atoms with van der Waals surface area (Å²) in [4.78, 5) is 0. The number of benzene rings is 1. The van der Waals surface area contributed by atoms with Gasteiger partial charge < -0.3 is 0 Å². The first kappa shape index (κ1) is 11.0. The number of fused-ring (bicyclic) bond motifs is 3. The van der Waals surface area contributed by atoms with Crippen molar-refractivity contribution in [3.05, 3.63) is 35.4 Å². The van der Waals surface area contributed by atoms with E-state index in [1.54, 1.807) is 16.8 Å². The van der Waals surface area contributed by atoms with Gasteiger partial charge in [0.2, 0.25) is 0 Å². The lowest BCUT2D eigenvalue weighted by Crippen LogP contribution is -2.27. The number of nitrogens with zero attached hydrogens (tertiary/aromatic N) is 1. The van der Waals surface area contributed by atoms with Crippen molar-refractivity contribution in [2.45, 2.75) is 45.1 Å². The quantitative estimate of drug-likeness (QED) is 0.649. The Morgan fingerprint density at radius 3 is 2.71 bits per heavy atom. The molecule has 0 bridgehead atoms. The third-order valence-corrected chi connectivity index (χ3v) is 4.75. The van der Waals surface area contributed by atoms with E-state index in [-0.39, 0.29) is 0 Å². The topological polar surface area (TPSA) is 3.01 Å². The molecule has 0 amide bonds. The van der Waals surface area contributed by atoms with Crippen LogP contribution in [0.15, 0.2) is 24.3 Å². The summed E-state index contributed by atoms with van der Waals surface area (Å²) in [5.41, 5.74) is 4.92. The first-order chi connectivity index (χ1) is 8.18. The van der Waals surface area contributed by atoms with E-state index >= 15 is 0 Å². The van der Waals surface area contributed by atoms with E-state index in [9.17, 15) is 0 Å². The molecule has 0 spiro atoms. The molecule has 3 rings (SSSR count). The van der Waals surface area contributed by atoms with E-state index in [1.807, 2.05) is 0 Å². The number of rotatable bonds is 1. The fourth-order valence-corrected chi connectivity index (χ4v) is 3.64. The molecule has 17 heavy (non-hydrogen) atoms. The van der Waals surface area contributed by atoms with Gasteiger partial charge in [0.25, 0.3) is 0 Å². The molecule has 0 saturated heterocycles. The maximum absolute atomic E-state index is 2.51. The highest BCUT2D eigenvalue weighted by molar-refractivity contribution is 5.87. The average molecular weight is 228 g/mol. The zero-order valence-electron chi connectivity index (χ0n) is 11.1. The van der Waals surface area contributed by atoms with Gasteiger partial charge in [-0.15, -0.1) is 0 Å². The molecule has 1 saturated carbocycles. The maximum Gasteiger partial charge on any atom is 0.156 e. The maximum atomic E-state index is 2.51. The second-order valence-electron chi connectivity index (χ2n) is 5.85. The van der Waals surface area contributed by atoms with Crippen molar-refractivity contribution in [3.8, 4) is 0 Å². The average Bonchev–Trinajstić information content (AvgIpc) is 2.86. The minimum Gasteiger partial charge on any atom is -0.237 e. The highest BCUT2D eigenvalue weighted by Crippen LogP contribution is 2.46. The Morgan fingerprint density at radius 1 is 1.18 bits per heavy atom. The lowest BCUT2D eigenvalue weighted by atomic mass is 9.95. The standard InChI is InChI=1S/C16H22N/c1-11(2)17(3)16-9-8-14-13-7-5-4-6-12(13)10-15(14)16/h4-7,11,14-15H,8-10H2,1-3H3/q+1. The summed E-state index contributed by atoms with van der Waals surface area (Å²) in [6, 6.07) is 9.68. The van der Waals surface area contributed by atoms with Crippen molar-refractivity contribution in [1.29, 1.82) is 0 Å². The largest absolute Gasteiger partial charge is 0.237 e. The third kappa shape index (κ3) is 1.64. The van der Waals surface area contributed by atoms with Gasteiger partial charge in [-0.25, -0.2) is 4.58 Å². The van der Waals surface area contributed by atoms with Gasteiger partial charge in [-0.1, -0.05) is 24.3 Å². The first-order valence-electron chi connectivity index (χ1n) is 6.85. The van der Waals surface area contributed by atoms with Crippen LogP contribution < -0.4 is 0 Å². The Bertz CT molecular complexity index is 470. The Labute approximate surface area is 104 Å². The Kier molecular flexibility index (Phi) is 2.57. The lowest BCUT2D eigenvalue weighted by molar-refractivity contribution is -0.532. The van der Waals surface area contributed by atoms with Crippen LogP contribution in [0.1, 0.15) is 43.7 Å². The first-order valence-corrected chi connectivity index (χ1v) is 6.85. The monoisotopic (exact) mass is 228 g/mol. The van der Waals surface area contributed by atoms with E-state index in [2.05, 4.69) is 49.7 Å². The van der Waals surface area contributed by atoms with Gasteiger partial charge in [-0.05, 0) is 43.7 Å². The van der Waals surface area contributed by atoms with Crippen molar-refractivity contribution in [2.75, 3.05) is 7.05 Å². The molecule has 1 aromatic rings. The Morgan fingerprint density at radius 2 is 1.94 bits per heavy atom. The van der Waals surface area contributed by atoms with Crippen LogP contribution in [0.2, 0.25) is 0 Å². The van der Waals surface area contributed by atoms with Gasteiger partial charge in [-0.2, -0.15) is 0 Å². The smallest absolute Gasteiger partial charge is 0.156 e. The minimum absolute atomic E-state index is 0.632. The van der Waals surface area contributed by atoms with E-state index < -0.39 is 0 Å². The second-order valence-corrected chi connectivity index (χ2v) is 5.85. The summed E-state index contributed by atoms with van der Waals surface area (Å²) in [6.45, 7) is 4.59. The van der Waals surface area contributed by atoms with Crippen LogP contribution in [0.4, 0.5) is 0 Å². The molecule has 1 fully saturated rings. The molecule has 0 radical (unpaired) electrons. The second kappa shape index (κ2) is 3.97. The Hall–Kier alpha value is -1.11. The lowest BCUT2D eigenvalue weighted by Gasteiger charge is -2.11. The highest BCUT2D eigenvalue weighted by atomic mass is 15.0. The predicted octanol–water partition coefficient (Wildman–Crippen LogP) is 3.23. The minimum atomic E-state index is 0.632. The van der Waals surface area contributed by atoms with Crippen LogP contribution in [-0.2, 0) is 6.42 Å². The summed E-state index contributed by atoms with van der Waals surface area (Å²) in [7, 11) is 2.27. The van der Waals surface area contributed by atoms with Gasteiger partial charge in [0.1, 0.15) is 13.1 Å². The molecular weight excluding hydrogens is 206 g/mol. The van der Waals surface area contributed by atoms with E-state index in [0.29, 0.717) is 6.04 Å². The van der Waals surface area contributed by atoms with Crippen LogP contribution in [0.3, 0.4) is 0 Å². The van der Waals surface area contributed by atoms with Crippen molar-refractivity contribution in [1.82, 2.24) is 0 Å². The van der Waals surface area contributed by atoms with Gasteiger partial charge in [0.05, 0.1) is 0 Å². The Balaban J connectivity index is 1.98. The van der Waals surface area contributed by atoms with E-state index in [0.717, 1.165) is 11.8 Å². The van der Waals surface area contributed by atoms with Crippen LogP contribution in [0, 0.1) is 5.92 Å². The zero-order chi connectivity index (χ0) is 12.0. The van der Waals surface area contributed by atoms with Crippen molar-refractivity contribution >= 4 is 5.71 Å². The molecule has 2 atom stereocenters. The summed E-state index contributed by atoms with van der Waals surface area (Å²) in [6.07, 6.45) is 3.93. The normalized spacial score (nSPS) is 29.4. The molecule has 90 valence electrons. The SMILES string of the molecule is CC(C)[N+](C)=C1CCC2c3ccccc3CC12. The number of hydrogen-bond acceptors (Lipinski definition) is 0. The van der Waals surface area contributed by atoms with Crippen LogP contribution in [-0.4, -0.2) is 23.4 Å². The van der Waals surface area contributed by atoms with Gasteiger partial charge >= 0.3 is 0 Å². The van der Waals surface area contributed by atoms with Crippen molar-refractivity contribution < 1.29 is 4.58 Å². The summed E-state index contributed by atoms with van der Waals surface area (Å²) in [5.74, 6) is 1.60. The van der Waals surface area contributed by atoms with E-state index in [4.69, 9.17) is 0 Å². The fourth-order valence-electron chi connectivity index (χ4n) is 3.64. The summed E-state index contributed by atoms with van der Waals surface area (Å²) < 4.78 is 2.51. The molecule has 1 heteroatoms. The molecule has 1 nitrogen and oxygen atoms in total.